The van der Waals surface area contributed by atoms with Crippen LogP contribution in [0.1, 0.15) is 143 Å². The predicted molar refractivity (Wildman–Crippen MR) is 173 cm³/mol. The molecule has 0 aliphatic rings. The molecule has 0 amide bonds. The number of carbonyl (C=O) groups is 4. The Morgan fingerprint density at radius 1 is 0.651 bits per heavy atom. The zero-order valence-corrected chi connectivity index (χ0v) is 30.6. The van der Waals surface area contributed by atoms with Crippen molar-refractivity contribution < 1.29 is 33.4 Å². The molecule has 7 heteroatoms. The average molecular weight is 611 g/mol. The smallest absolute Gasteiger partial charge is 0.311 e. The Morgan fingerprint density at radius 3 is 1.40 bits per heavy atom. The average Bonchev–Trinajstić information content (AvgIpc) is 2.74. The van der Waals surface area contributed by atoms with E-state index in [1.807, 2.05) is 41.5 Å². The molecule has 0 spiro atoms. The fourth-order valence-corrected chi connectivity index (χ4v) is 6.82. The highest BCUT2D eigenvalue weighted by molar-refractivity contribution is 5.76. The minimum Gasteiger partial charge on any atom is -0.461 e. The summed E-state index contributed by atoms with van der Waals surface area (Å²) in [6.45, 7) is 31.9. The fourth-order valence-electron chi connectivity index (χ4n) is 6.82. The Balaban J connectivity index is 5.57. The lowest BCUT2D eigenvalue weighted by molar-refractivity contribution is -0.174. The van der Waals surface area contributed by atoms with Crippen LogP contribution in [0.3, 0.4) is 0 Å². The Bertz CT molecular complexity index is 884. The van der Waals surface area contributed by atoms with Crippen LogP contribution in [0, 0.1) is 44.3 Å². The van der Waals surface area contributed by atoms with E-state index in [4.69, 9.17) is 14.2 Å². The van der Waals surface area contributed by atoms with Gasteiger partial charge in [0.2, 0.25) is 0 Å². The van der Waals surface area contributed by atoms with Crippen LogP contribution in [-0.4, -0.2) is 43.5 Å². The van der Waals surface area contributed by atoms with Gasteiger partial charge in [-0.05, 0) is 81.0 Å². The molecule has 0 saturated carbocycles. The Kier molecular flexibility index (Phi) is 14.7. The normalized spacial score (nSPS) is 15.1. The van der Waals surface area contributed by atoms with E-state index in [1.165, 1.54) is 0 Å². The molecule has 0 N–H and O–H groups in total. The number of ether oxygens (including phenoxy) is 3. The van der Waals surface area contributed by atoms with Gasteiger partial charge in [-0.1, -0.05) is 83.1 Å². The number of hydrogen-bond donors (Lipinski definition) is 0. The Labute approximate surface area is 263 Å². The van der Waals surface area contributed by atoms with Crippen LogP contribution in [0.2, 0.25) is 0 Å². The molecule has 43 heavy (non-hydrogen) atoms. The first-order valence-electron chi connectivity index (χ1n) is 16.0. The second-order valence-corrected chi connectivity index (χ2v) is 18.3. The zero-order valence-electron chi connectivity index (χ0n) is 30.6. The van der Waals surface area contributed by atoms with E-state index in [2.05, 4.69) is 69.2 Å². The summed E-state index contributed by atoms with van der Waals surface area (Å²) in [6.07, 6.45) is 3.12. The molecule has 0 heterocycles. The van der Waals surface area contributed by atoms with Crippen molar-refractivity contribution in [3.8, 4) is 0 Å². The summed E-state index contributed by atoms with van der Waals surface area (Å²) in [5.74, 6) is -1.24. The van der Waals surface area contributed by atoms with E-state index in [1.54, 1.807) is 0 Å². The third kappa shape index (κ3) is 16.7. The van der Waals surface area contributed by atoms with Gasteiger partial charge in [0.1, 0.15) is 19.5 Å². The van der Waals surface area contributed by atoms with E-state index >= 15 is 0 Å². The standard InChI is InChI=1S/C36H66O7/c1-25(18-33(9,10)24-34(11,12)26(2)19-37)17-28(38)43-27(20-41-29(39)35(13,14)22-31(3,4)5)21-42-30(40)36(15,16)23-32(6,7)8/h19,25-27H,17-18,20-24H2,1-16H3. The summed E-state index contributed by atoms with van der Waals surface area (Å²) in [6, 6.07) is 0. The second-order valence-electron chi connectivity index (χ2n) is 18.3. The Morgan fingerprint density at radius 2 is 1.05 bits per heavy atom. The molecule has 2 unspecified atom stereocenters. The summed E-state index contributed by atoms with van der Waals surface area (Å²) in [5, 5.41) is 0. The van der Waals surface area contributed by atoms with Gasteiger partial charge in [0, 0.05) is 12.3 Å². The van der Waals surface area contributed by atoms with Crippen LogP contribution in [0.5, 0.6) is 0 Å². The van der Waals surface area contributed by atoms with E-state index in [-0.39, 0.29) is 65.1 Å². The molecule has 0 radical (unpaired) electrons. The van der Waals surface area contributed by atoms with E-state index < -0.39 is 22.9 Å². The minimum atomic E-state index is -0.913. The lowest BCUT2D eigenvalue weighted by Crippen LogP contribution is -2.38. The lowest BCUT2D eigenvalue weighted by atomic mass is 9.66. The highest BCUT2D eigenvalue weighted by Crippen LogP contribution is 2.42. The van der Waals surface area contributed by atoms with Crippen molar-refractivity contribution in [3.63, 3.8) is 0 Å². The maximum atomic E-state index is 13.1. The van der Waals surface area contributed by atoms with Gasteiger partial charge in [0.25, 0.3) is 0 Å². The maximum absolute atomic E-state index is 13.1. The highest BCUT2D eigenvalue weighted by Gasteiger charge is 2.38. The predicted octanol–water partition coefficient (Wildman–Crippen LogP) is 8.60. The SMILES string of the molecule is CC(CC(=O)OC(COC(=O)C(C)(C)CC(C)(C)C)COC(=O)C(C)(C)CC(C)(C)C)CC(C)(C)CC(C)(C)C(C)C=O. The molecule has 7 nitrogen and oxygen atoms in total. The van der Waals surface area contributed by atoms with E-state index in [0.717, 1.165) is 19.1 Å². The molecule has 252 valence electrons. The van der Waals surface area contributed by atoms with Crippen molar-refractivity contribution in [3.05, 3.63) is 0 Å². The Hall–Kier alpha value is -1.92. The fraction of sp³-hybridized carbons (Fsp3) is 0.889. The largest absolute Gasteiger partial charge is 0.461 e. The van der Waals surface area contributed by atoms with Gasteiger partial charge in [0.05, 0.1) is 10.8 Å². The molecule has 0 aromatic heterocycles. The van der Waals surface area contributed by atoms with Crippen molar-refractivity contribution >= 4 is 24.2 Å². The van der Waals surface area contributed by atoms with Gasteiger partial charge in [0.15, 0.2) is 6.10 Å². The van der Waals surface area contributed by atoms with Gasteiger partial charge >= 0.3 is 17.9 Å². The highest BCUT2D eigenvalue weighted by atomic mass is 16.6. The van der Waals surface area contributed by atoms with Crippen LogP contribution in [0.25, 0.3) is 0 Å². The molecular formula is C36H66O7. The third-order valence-electron chi connectivity index (χ3n) is 7.94. The van der Waals surface area contributed by atoms with Gasteiger partial charge in [-0.3, -0.25) is 14.4 Å². The first-order chi connectivity index (χ1) is 19.0. The van der Waals surface area contributed by atoms with Crippen molar-refractivity contribution in [2.24, 2.45) is 44.3 Å². The quantitative estimate of drug-likeness (QED) is 0.0924. The summed E-state index contributed by atoms with van der Waals surface area (Å²) in [4.78, 5) is 50.5. The van der Waals surface area contributed by atoms with Crippen LogP contribution in [-0.2, 0) is 33.4 Å². The second kappa shape index (κ2) is 15.4. The van der Waals surface area contributed by atoms with Crippen LogP contribution in [0.4, 0.5) is 0 Å². The monoisotopic (exact) mass is 610 g/mol. The first-order valence-corrected chi connectivity index (χ1v) is 16.0. The topological polar surface area (TPSA) is 96.0 Å². The number of carbonyl (C=O) groups excluding carboxylic acids is 4. The summed E-state index contributed by atoms with van der Waals surface area (Å²) in [7, 11) is 0. The molecule has 0 aliphatic heterocycles. The van der Waals surface area contributed by atoms with Crippen LogP contribution in [0.15, 0.2) is 0 Å². The third-order valence-corrected chi connectivity index (χ3v) is 7.94. The number of rotatable bonds is 17. The summed E-state index contributed by atoms with van der Waals surface area (Å²) >= 11 is 0. The van der Waals surface area contributed by atoms with Crippen molar-refractivity contribution in [1.82, 2.24) is 0 Å². The first kappa shape index (κ1) is 41.1. The summed E-state index contributed by atoms with van der Waals surface area (Å²) < 4.78 is 17.1. The zero-order chi connectivity index (χ0) is 34.2. The maximum Gasteiger partial charge on any atom is 0.311 e. The van der Waals surface area contributed by atoms with Gasteiger partial charge in [-0.25, -0.2) is 0 Å². The van der Waals surface area contributed by atoms with E-state index in [0.29, 0.717) is 12.8 Å². The minimum absolute atomic E-state index is 0.0204. The molecule has 0 aromatic carbocycles. The van der Waals surface area contributed by atoms with Crippen LogP contribution < -0.4 is 0 Å². The van der Waals surface area contributed by atoms with Gasteiger partial charge in [-0.2, -0.15) is 0 Å². The molecule has 0 fully saturated rings. The summed E-state index contributed by atoms with van der Waals surface area (Å²) in [5.41, 5.74) is -1.87. The molecule has 2 atom stereocenters. The molecule has 0 rings (SSSR count). The van der Waals surface area contributed by atoms with E-state index in [9.17, 15) is 19.2 Å². The van der Waals surface area contributed by atoms with Crippen molar-refractivity contribution in [1.29, 1.82) is 0 Å². The molecule has 0 aromatic rings. The van der Waals surface area contributed by atoms with Crippen molar-refractivity contribution in [2.45, 2.75) is 149 Å². The van der Waals surface area contributed by atoms with Gasteiger partial charge < -0.3 is 19.0 Å². The van der Waals surface area contributed by atoms with Gasteiger partial charge in [-0.15, -0.1) is 0 Å². The van der Waals surface area contributed by atoms with Crippen LogP contribution >= 0.6 is 0 Å². The molecule has 0 aliphatic carbocycles. The molecule has 0 bridgehead atoms. The van der Waals surface area contributed by atoms with Crippen molar-refractivity contribution in [2.75, 3.05) is 13.2 Å². The lowest BCUT2D eigenvalue weighted by Gasteiger charge is -2.38. The number of aldehydes is 1. The molecular weight excluding hydrogens is 544 g/mol. The molecule has 0 saturated heterocycles. The number of esters is 3. The number of hydrogen-bond acceptors (Lipinski definition) is 7.